The van der Waals surface area contributed by atoms with E-state index in [9.17, 15) is 13.2 Å². The van der Waals surface area contributed by atoms with Crippen LogP contribution in [0, 0.1) is 0 Å². The number of fused-ring (bicyclic) bond motifs is 1. The molecule has 0 aromatic heterocycles. The van der Waals surface area contributed by atoms with Crippen molar-refractivity contribution in [3.63, 3.8) is 0 Å². The molecule has 5 nitrogen and oxygen atoms in total. The van der Waals surface area contributed by atoms with E-state index >= 15 is 0 Å². The van der Waals surface area contributed by atoms with E-state index < -0.39 is 11.7 Å². The van der Waals surface area contributed by atoms with Crippen LogP contribution in [-0.2, 0) is 17.4 Å². The van der Waals surface area contributed by atoms with Crippen LogP contribution in [0.1, 0.15) is 36.8 Å². The van der Waals surface area contributed by atoms with Crippen LogP contribution in [0.4, 0.5) is 13.2 Å². The molecule has 0 atom stereocenters. The topological polar surface area (TPSA) is 53.0 Å². The van der Waals surface area contributed by atoms with Crippen molar-refractivity contribution in [1.29, 1.82) is 0 Å². The summed E-state index contributed by atoms with van der Waals surface area (Å²) in [6.45, 7) is 4.46. The number of benzene rings is 3. The molecular formula is C29H33F3N2O3S. The number of ether oxygens (including phenoxy) is 1. The predicted molar refractivity (Wildman–Crippen MR) is 145 cm³/mol. The summed E-state index contributed by atoms with van der Waals surface area (Å²) in [5.41, 5.74) is 0.362. The summed E-state index contributed by atoms with van der Waals surface area (Å²) in [6.07, 6.45) is 1.73. The summed E-state index contributed by atoms with van der Waals surface area (Å²) in [6, 6.07) is 18.6. The van der Waals surface area contributed by atoms with Crippen LogP contribution < -0.4 is 4.74 Å². The predicted octanol–water partition coefficient (Wildman–Crippen LogP) is 6.75. The fourth-order valence-electron chi connectivity index (χ4n) is 4.87. The van der Waals surface area contributed by atoms with Crippen LogP contribution in [0.3, 0.4) is 0 Å². The zero-order valence-corrected chi connectivity index (χ0v) is 22.0. The van der Waals surface area contributed by atoms with Gasteiger partial charge in [-0.25, -0.2) is 4.31 Å². The van der Waals surface area contributed by atoms with Gasteiger partial charge in [-0.1, -0.05) is 24.3 Å². The molecule has 38 heavy (non-hydrogen) atoms. The van der Waals surface area contributed by atoms with E-state index in [2.05, 4.69) is 45.6 Å². The molecule has 0 amide bonds. The van der Waals surface area contributed by atoms with Crippen LogP contribution in [0.25, 0.3) is 10.8 Å². The lowest BCUT2D eigenvalue weighted by atomic mass is 10.1. The molecule has 204 valence electrons. The summed E-state index contributed by atoms with van der Waals surface area (Å²) in [7, 11) is 0. The molecule has 1 saturated heterocycles. The third-order valence-corrected chi connectivity index (χ3v) is 8.04. The van der Waals surface area contributed by atoms with Gasteiger partial charge >= 0.3 is 6.18 Å². The van der Waals surface area contributed by atoms with Crippen molar-refractivity contribution in [2.24, 2.45) is 0 Å². The third kappa shape index (κ3) is 8.12. The minimum atomic E-state index is -4.27. The Bertz CT molecular complexity index is 1180. The number of piperazine rings is 1. The SMILES string of the molecule is FC(F)(F)c1ccc(CCN2CCN(Sc3ccc4cc(OC5CCCC5)ccc4c3)CC2)cc1.O=CO. The fourth-order valence-corrected chi connectivity index (χ4v) is 5.82. The van der Waals surface area contributed by atoms with Gasteiger partial charge in [0.15, 0.2) is 0 Å². The number of carbonyl (C=O) groups is 1. The minimum absolute atomic E-state index is 0.250. The summed E-state index contributed by atoms with van der Waals surface area (Å²) < 4.78 is 46.7. The molecule has 1 aliphatic carbocycles. The molecule has 2 aliphatic rings. The Morgan fingerprint density at radius 1 is 0.921 bits per heavy atom. The lowest BCUT2D eigenvalue weighted by molar-refractivity contribution is -0.137. The molecule has 3 aromatic rings. The zero-order chi connectivity index (χ0) is 27.0. The molecule has 2 fully saturated rings. The maximum absolute atomic E-state index is 12.7. The Kier molecular flexibility index (Phi) is 9.93. The van der Waals surface area contributed by atoms with E-state index in [1.54, 1.807) is 24.1 Å². The van der Waals surface area contributed by atoms with Crippen molar-refractivity contribution in [2.75, 3.05) is 32.7 Å². The van der Waals surface area contributed by atoms with Crippen molar-refractivity contribution in [2.45, 2.75) is 49.3 Å². The van der Waals surface area contributed by atoms with Crippen molar-refractivity contribution in [3.05, 3.63) is 71.8 Å². The monoisotopic (exact) mass is 546 g/mol. The standard InChI is InChI=1S/C28H31F3N2OS.CH2O2/c29-28(30,31)24-9-5-21(6-10-24)13-14-32-15-17-33(18-16-32)35-27-12-8-22-19-26(11-7-23(22)20-27)34-25-3-1-2-4-25;2-1-3/h5-12,19-20,25H,1-4,13-18H2;1H,(H,2,3). The lowest BCUT2D eigenvalue weighted by Gasteiger charge is -2.33. The van der Waals surface area contributed by atoms with Crippen LogP contribution in [0.2, 0.25) is 0 Å². The molecule has 1 saturated carbocycles. The zero-order valence-electron chi connectivity index (χ0n) is 21.2. The second-order valence-corrected chi connectivity index (χ2v) is 10.8. The summed E-state index contributed by atoms with van der Waals surface area (Å²) in [5.74, 6) is 0.970. The fraction of sp³-hybridized carbons (Fsp3) is 0.414. The minimum Gasteiger partial charge on any atom is -0.490 e. The van der Waals surface area contributed by atoms with E-state index in [4.69, 9.17) is 14.6 Å². The summed E-state index contributed by atoms with van der Waals surface area (Å²) >= 11 is 1.80. The lowest BCUT2D eigenvalue weighted by Crippen LogP contribution is -2.44. The van der Waals surface area contributed by atoms with E-state index in [-0.39, 0.29) is 6.47 Å². The third-order valence-electron chi connectivity index (χ3n) is 6.95. The van der Waals surface area contributed by atoms with Crippen molar-refractivity contribution < 1.29 is 27.8 Å². The molecule has 0 bridgehead atoms. The highest BCUT2D eigenvalue weighted by molar-refractivity contribution is 7.97. The van der Waals surface area contributed by atoms with Crippen LogP contribution in [-0.4, -0.2) is 59.6 Å². The van der Waals surface area contributed by atoms with Gasteiger partial charge in [-0.3, -0.25) is 4.79 Å². The highest BCUT2D eigenvalue weighted by Crippen LogP contribution is 2.31. The molecule has 3 aromatic carbocycles. The summed E-state index contributed by atoms with van der Waals surface area (Å²) in [4.78, 5) is 12.0. The van der Waals surface area contributed by atoms with Gasteiger partial charge in [0, 0.05) is 37.6 Å². The summed E-state index contributed by atoms with van der Waals surface area (Å²) in [5, 5.41) is 9.32. The number of carboxylic acid groups (broad SMARTS) is 1. The second kappa shape index (κ2) is 13.4. The highest BCUT2D eigenvalue weighted by atomic mass is 32.2. The normalized spacial score (nSPS) is 17.2. The van der Waals surface area contributed by atoms with Crippen molar-refractivity contribution in [1.82, 2.24) is 9.21 Å². The van der Waals surface area contributed by atoms with Gasteiger partial charge in [0.2, 0.25) is 0 Å². The number of hydrogen-bond donors (Lipinski definition) is 1. The highest BCUT2D eigenvalue weighted by Gasteiger charge is 2.30. The molecule has 5 rings (SSSR count). The largest absolute Gasteiger partial charge is 0.490 e. The first-order chi connectivity index (χ1) is 18.3. The Hall–Kier alpha value is -2.75. The molecule has 1 heterocycles. The average molecular weight is 547 g/mol. The first-order valence-electron chi connectivity index (χ1n) is 12.9. The first kappa shape index (κ1) is 28.3. The Balaban J connectivity index is 0.00000107. The van der Waals surface area contributed by atoms with Crippen LogP contribution >= 0.6 is 11.9 Å². The second-order valence-electron chi connectivity index (χ2n) is 9.61. The van der Waals surface area contributed by atoms with Gasteiger partial charge in [-0.2, -0.15) is 13.2 Å². The average Bonchev–Trinajstić information content (AvgIpc) is 3.42. The van der Waals surface area contributed by atoms with E-state index in [0.717, 1.165) is 63.3 Å². The Morgan fingerprint density at radius 2 is 1.55 bits per heavy atom. The molecule has 0 radical (unpaired) electrons. The maximum atomic E-state index is 12.7. The smallest absolute Gasteiger partial charge is 0.416 e. The molecule has 1 aliphatic heterocycles. The number of nitrogens with zero attached hydrogens (tertiary/aromatic N) is 2. The Morgan fingerprint density at radius 3 is 2.21 bits per heavy atom. The molecule has 1 N–H and O–H groups in total. The van der Waals surface area contributed by atoms with Gasteiger partial charge in [-0.15, -0.1) is 0 Å². The van der Waals surface area contributed by atoms with Crippen LogP contribution in [0.5, 0.6) is 5.75 Å². The van der Waals surface area contributed by atoms with Gasteiger partial charge < -0.3 is 14.7 Å². The van der Waals surface area contributed by atoms with Gasteiger partial charge in [0.05, 0.1) is 11.7 Å². The van der Waals surface area contributed by atoms with Crippen LogP contribution in [0.15, 0.2) is 65.6 Å². The number of halogens is 3. The van der Waals surface area contributed by atoms with E-state index in [0.29, 0.717) is 6.10 Å². The molecule has 0 spiro atoms. The maximum Gasteiger partial charge on any atom is 0.416 e. The van der Waals surface area contributed by atoms with Gasteiger partial charge in [0.1, 0.15) is 5.75 Å². The van der Waals surface area contributed by atoms with E-state index in [1.807, 2.05) is 0 Å². The first-order valence-corrected chi connectivity index (χ1v) is 13.7. The number of alkyl halides is 3. The number of rotatable bonds is 7. The van der Waals surface area contributed by atoms with Crippen molar-refractivity contribution in [3.8, 4) is 5.75 Å². The van der Waals surface area contributed by atoms with Gasteiger partial charge in [0.25, 0.3) is 6.47 Å². The number of hydrogen-bond acceptors (Lipinski definition) is 5. The molecule has 9 heteroatoms. The molecule has 0 unspecified atom stereocenters. The van der Waals surface area contributed by atoms with Gasteiger partial charge in [-0.05, 0) is 96.8 Å². The molecular weight excluding hydrogens is 513 g/mol. The van der Waals surface area contributed by atoms with E-state index in [1.165, 1.54) is 40.6 Å². The quantitative estimate of drug-likeness (QED) is 0.261. The van der Waals surface area contributed by atoms with Crippen molar-refractivity contribution >= 4 is 29.2 Å². The Labute approximate surface area is 225 Å².